The fourth-order valence-electron chi connectivity index (χ4n) is 2.42. The van der Waals surface area contributed by atoms with E-state index in [0.29, 0.717) is 0 Å². The van der Waals surface area contributed by atoms with E-state index in [1.165, 1.54) is 11.1 Å². The number of hydrogen-bond acceptors (Lipinski definition) is 1. The summed E-state index contributed by atoms with van der Waals surface area (Å²) in [6, 6.07) is 20.5. The quantitative estimate of drug-likeness (QED) is 0.838. The Balaban J connectivity index is 2.35. The lowest BCUT2D eigenvalue weighted by atomic mass is 9.85. The van der Waals surface area contributed by atoms with Crippen LogP contribution in [-0.2, 0) is 0 Å². The van der Waals surface area contributed by atoms with Crippen molar-refractivity contribution >= 4 is 0 Å². The van der Waals surface area contributed by atoms with Gasteiger partial charge in [0.2, 0.25) is 0 Å². The number of benzene rings is 2. The first-order valence-electron chi connectivity index (χ1n) is 6.61. The maximum absolute atomic E-state index is 10.4. The van der Waals surface area contributed by atoms with E-state index in [2.05, 4.69) is 31.2 Å². The van der Waals surface area contributed by atoms with Crippen LogP contribution in [0.15, 0.2) is 60.7 Å². The second-order valence-corrected chi connectivity index (χ2v) is 4.66. The lowest BCUT2D eigenvalue weighted by molar-refractivity contribution is 0.145. The van der Waals surface area contributed by atoms with E-state index >= 15 is 0 Å². The van der Waals surface area contributed by atoms with E-state index in [4.69, 9.17) is 0 Å². The van der Waals surface area contributed by atoms with Crippen molar-refractivity contribution in [2.75, 3.05) is 0 Å². The fourth-order valence-corrected chi connectivity index (χ4v) is 2.42. The topological polar surface area (TPSA) is 20.2 Å². The number of aliphatic hydroxyl groups excluding tert-OH is 1. The molecule has 2 rings (SSSR count). The molecule has 1 heteroatoms. The Kier molecular flexibility index (Phi) is 4.54. The third kappa shape index (κ3) is 2.99. The van der Waals surface area contributed by atoms with E-state index < -0.39 is 0 Å². The zero-order valence-corrected chi connectivity index (χ0v) is 10.8. The first kappa shape index (κ1) is 12.8. The van der Waals surface area contributed by atoms with Crippen LogP contribution in [0.25, 0.3) is 0 Å². The van der Waals surface area contributed by atoms with Crippen molar-refractivity contribution in [2.45, 2.75) is 31.8 Å². The molecule has 0 spiro atoms. The summed E-state index contributed by atoms with van der Waals surface area (Å²) in [6.45, 7) is 2.11. The van der Waals surface area contributed by atoms with Gasteiger partial charge in [0.05, 0.1) is 6.10 Å². The molecule has 0 aliphatic rings. The highest BCUT2D eigenvalue weighted by atomic mass is 16.3. The van der Waals surface area contributed by atoms with Crippen molar-refractivity contribution < 1.29 is 5.11 Å². The van der Waals surface area contributed by atoms with Crippen molar-refractivity contribution in [1.29, 1.82) is 0 Å². The van der Waals surface area contributed by atoms with Crippen molar-refractivity contribution in [1.82, 2.24) is 0 Å². The molecule has 0 saturated carbocycles. The molecule has 0 amide bonds. The second-order valence-electron chi connectivity index (χ2n) is 4.66. The average Bonchev–Trinajstić information content (AvgIpc) is 2.42. The number of hydrogen-bond donors (Lipinski definition) is 1. The molecule has 1 atom stereocenters. The number of aliphatic hydroxyl groups is 1. The first-order valence-corrected chi connectivity index (χ1v) is 6.61. The Morgan fingerprint density at radius 1 is 0.833 bits per heavy atom. The van der Waals surface area contributed by atoms with Gasteiger partial charge in [0.1, 0.15) is 0 Å². The monoisotopic (exact) mass is 240 g/mol. The third-order valence-electron chi connectivity index (χ3n) is 3.29. The Morgan fingerprint density at radius 3 is 1.67 bits per heavy atom. The van der Waals surface area contributed by atoms with Crippen LogP contribution in [0.4, 0.5) is 0 Å². The summed E-state index contributed by atoms with van der Waals surface area (Å²) < 4.78 is 0. The molecule has 18 heavy (non-hydrogen) atoms. The fraction of sp³-hybridized carbons (Fsp3) is 0.294. The van der Waals surface area contributed by atoms with Gasteiger partial charge in [-0.1, -0.05) is 74.0 Å². The van der Waals surface area contributed by atoms with Crippen LogP contribution in [0.1, 0.15) is 36.8 Å². The predicted molar refractivity (Wildman–Crippen MR) is 75.6 cm³/mol. The molecule has 1 unspecified atom stereocenters. The van der Waals surface area contributed by atoms with Gasteiger partial charge in [0, 0.05) is 5.92 Å². The summed E-state index contributed by atoms with van der Waals surface area (Å²) in [7, 11) is 0. The summed E-state index contributed by atoms with van der Waals surface area (Å²) in [5.74, 6) is 0.0762. The minimum absolute atomic E-state index is 0.0762. The molecule has 2 aromatic carbocycles. The van der Waals surface area contributed by atoms with Crippen molar-refractivity contribution in [3.63, 3.8) is 0 Å². The molecule has 0 heterocycles. The molecular formula is C17H20O. The summed E-state index contributed by atoms with van der Waals surface area (Å²) in [5.41, 5.74) is 2.37. The van der Waals surface area contributed by atoms with Gasteiger partial charge < -0.3 is 5.11 Å². The Bertz CT molecular complexity index is 410. The molecule has 0 bridgehead atoms. The van der Waals surface area contributed by atoms with Crippen LogP contribution in [0.2, 0.25) is 0 Å². The molecule has 1 N–H and O–H groups in total. The van der Waals surface area contributed by atoms with E-state index in [1.54, 1.807) is 0 Å². The van der Waals surface area contributed by atoms with Gasteiger partial charge >= 0.3 is 0 Å². The molecule has 0 saturated heterocycles. The maximum atomic E-state index is 10.4. The summed E-state index contributed by atoms with van der Waals surface area (Å²) in [5, 5.41) is 10.4. The minimum Gasteiger partial charge on any atom is -0.392 e. The second kappa shape index (κ2) is 6.36. The third-order valence-corrected chi connectivity index (χ3v) is 3.29. The van der Waals surface area contributed by atoms with E-state index in [1.807, 2.05) is 36.4 Å². The number of rotatable bonds is 5. The minimum atomic E-state index is -0.320. The van der Waals surface area contributed by atoms with Crippen LogP contribution in [0.5, 0.6) is 0 Å². The predicted octanol–water partition coefficient (Wildman–Crippen LogP) is 3.98. The lowest BCUT2D eigenvalue weighted by Crippen LogP contribution is -2.19. The Labute approximate surface area is 109 Å². The Morgan fingerprint density at radius 2 is 1.28 bits per heavy atom. The van der Waals surface area contributed by atoms with Gasteiger partial charge in [-0.05, 0) is 17.5 Å². The average molecular weight is 240 g/mol. The molecule has 0 aromatic heterocycles. The highest BCUT2D eigenvalue weighted by molar-refractivity contribution is 5.33. The SMILES string of the molecule is CCCC(O)C(c1ccccc1)c1ccccc1. The van der Waals surface area contributed by atoms with E-state index in [0.717, 1.165) is 12.8 Å². The van der Waals surface area contributed by atoms with Crippen molar-refractivity contribution in [3.8, 4) is 0 Å². The van der Waals surface area contributed by atoms with Crippen LogP contribution in [-0.4, -0.2) is 11.2 Å². The first-order chi connectivity index (χ1) is 8.83. The van der Waals surface area contributed by atoms with Gasteiger partial charge in [0.25, 0.3) is 0 Å². The highest BCUT2D eigenvalue weighted by Crippen LogP contribution is 2.29. The summed E-state index contributed by atoms with van der Waals surface area (Å²) in [4.78, 5) is 0. The zero-order chi connectivity index (χ0) is 12.8. The smallest absolute Gasteiger partial charge is 0.0649 e. The molecule has 94 valence electrons. The van der Waals surface area contributed by atoms with Gasteiger partial charge in [-0.2, -0.15) is 0 Å². The van der Waals surface area contributed by atoms with Crippen LogP contribution in [0.3, 0.4) is 0 Å². The van der Waals surface area contributed by atoms with Gasteiger partial charge in [0.15, 0.2) is 0 Å². The normalized spacial score (nSPS) is 12.6. The molecule has 0 aliphatic heterocycles. The summed E-state index contributed by atoms with van der Waals surface area (Å²) in [6.07, 6.45) is 1.51. The van der Waals surface area contributed by atoms with Crippen molar-refractivity contribution in [3.05, 3.63) is 71.8 Å². The molecule has 0 aliphatic carbocycles. The van der Waals surface area contributed by atoms with Crippen LogP contribution in [0, 0.1) is 0 Å². The molecule has 0 radical (unpaired) electrons. The highest BCUT2D eigenvalue weighted by Gasteiger charge is 2.21. The summed E-state index contributed by atoms with van der Waals surface area (Å²) >= 11 is 0. The van der Waals surface area contributed by atoms with E-state index in [9.17, 15) is 5.11 Å². The van der Waals surface area contributed by atoms with Crippen molar-refractivity contribution in [2.24, 2.45) is 0 Å². The lowest BCUT2D eigenvalue weighted by Gasteiger charge is -2.23. The van der Waals surface area contributed by atoms with Crippen LogP contribution < -0.4 is 0 Å². The molecular weight excluding hydrogens is 220 g/mol. The van der Waals surface area contributed by atoms with Gasteiger partial charge in [-0.3, -0.25) is 0 Å². The standard InChI is InChI=1S/C17H20O/c1-2-9-16(18)17(14-10-5-3-6-11-14)15-12-7-4-8-13-15/h3-8,10-13,16-18H,2,9H2,1H3. The van der Waals surface area contributed by atoms with Gasteiger partial charge in [-0.25, -0.2) is 0 Å². The van der Waals surface area contributed by atoms with Gasteiger partial charge in [-0.15, -0.1) is 0 Å². The maximum Gasteiger partial charge on any atom is 0.0649 e. The molecule has 1 nitrogen and oxygen atoms in total. The Hall–Kier alpha value is -1.60. The van der Waals surface area contributed by atoms with E-state index in [-0.39, 0.29) is 12.0 Å². The largest absolute Gasteiger partial charge is 0.392 e. The van der Waals surface area contributed by atoms with Crippen LogP contribution >= 0.6 is 0 Å². The molecule has 2 aromatic rings. The zero-order valence-electron chi connectivity index (χ0n) is 10.8. The molecule has 0 fully saturated rings.